The lowest BCUT2D eigenvalue weighted by atomic mass is 9.96. The van der Waals surface area contributed by atoms with Crippen molar-refractivity contribution in [1.29, 1.82) is 0 Å². The number of aromatic nitrogens is 1. The van der Waals surface area contributed by atoms with E-state index in [-0.39, 0.29) is 17.9 Å². The van der Waals surface area contributed by atoms with Gasteiger partial charge < -0.3 is 10.2 Å². The Balaban J connectivity index is 1.51. The number of pyridine rings is 1. The first kappa shape index (κ1) is 22.1. The molecule has 2 aromatic rings. The quantitative estimate of drug-likeness (QED) is 0.774. The number of alkyl halides is 3. The Morgan fingerprint density at radius 3 is 2.27 bits per heavy atom. The zero-order valence-corrected chi connectivity index (χ0v) is 17.2. The number of carbonyl (C=O) groups excluding carboxylic acids is 1. The average molecular weight is 420 g/mol. The van der Waals surface area contributed by atoms with Crippen LogP contribution in [0.25, 0.3) is 0 Å². The van der Waals surface area contributed by atoms with Gasteiger partial charge in [0, 0.05) is 32.4 Å². The van der Waals surface area contributed by atoms with Crippen LogP contribution in [0.5, 0.6) is 0 Å². The third-order valence-corrected chi connectivity index (χ3v) is 5.28. The van der Waals surface area contributed by atoms with Crippen molar-refractivity contribution in [1.82, 2.24) is 15.2 Å². The Kier molecular flexibility index (Phi) is 6.97. The number of piperazine rings is 1. The second-order valence-electron chi connectivity index (χ2n) is 7.87. The standard InChI is InChI=1S/C22H27F3N4O/c1-16(2)21(17-6-4-3-5-7-17)27-20(30)15-28-10-12-29(13-11-28)19-9-8-18(14-26-19)22(23,24)25/h3-9,14,16,21H,10-13,15H2,1-2H3,(H,27,30). The van der Waals surface area contributed by atoms with E-state index < -0.39 is 11.7 Å². The van der Waals surface area contributed by atoms with Crippen molar-refractivity contribution in [3.8, 4) is 0 Å². The Hall–Kier alpha value is -2.61. The lowest BCUT2D eigenvalue weighted by Crippen LogP contribution is -2.50. The van der Waals surface area contributed by atoms with Gasteiger partial charge in [-0.3, -0.25) is 9.69 Å². The maximum atomic E-state index is 12.7. The van der Waals surface area contributed by atoms with Gasteiger partial charge >= 0.3 is 6.18 Å². The number of rotatable bonds is 6. The predicted octanol–water partition coefficient (Wildman–Crippen LogP) is 3.74. The van der Waals surface area contributed by atoms with Gasteiger partial charge in [-0.25, -0.2) is 4.98 Å². The molecule has 1 aliphatic rings. The lowest BCUT2D eigenvalue weighted by Gasteiger charge is -2.35. The molecule has 8 heteroatoms. The van der Waals surface area contributed by atoms with Crippen molar-refractivity contribution < 1.29 is 18.0 Å². The number of hydrogen-bond acceptors (Lipinski definition) is 4. The van der Waals surface area contributed by atoms with E-state index in [1.54, 1.807) is 0 Å². The van der Waals surface area contributed by atoms with Crippen molar-refractivity contribution >= 4 is 11.7 Å². The summed E-state index contributed by atoms with van der Waals surface area (Å²) in [5.41, 5.74) is 0.332. The maximum absolute atomic E-state index is 12.7. The van der Waals surface area contributed by atoms with Crippen LogP contribution >= 0.6 is 0 Å². The highest BCUT2D eigenvalue weighted by molar-refractivity contribution is 5.78. The smallest absolute Gasteiger partial charge is 0.354 e. The third kappa shape index (κ3) is 5.72. The number of carbonyl (C=O) groups is 1. The number of hydrogen-bond donors (Lipinski definition) is 1. The molecule has 162 valence electrons. The van der Waals surface area contributed by atoms with Crippen molar-refractivity contribution in [3.05, 3.63) is 59.8 Å². The number of halogens is 3. The summed E-state index contributed by atoms with van der Waals surface area (Å²) in [4.78, 5) is 20.5. The zero-order chi connectivity index (χ0) is 21.7. The fourth-order valence-electron chi connectivity index (χ4n) is 3.59. The van der Waals surface area contributed by atoms with Crippen LogP contribution in [0.1, 0.15) is 31.0 Å². The van der Waals surface area contributed by atoms with E-state index in [9.17, 15) is 18.0 Å². The molecule has 3 rings (SSSR count). The van der Waals surface area contributed by atoms with E-state index in [1.807, 2.05) is 35.2 Å². The van der Waals surface area contributed by atoms with Crippen molar-refractivity contribution in [2.45, 2.75) is 26.1 Å². The van der Waals surface area contributed by atoms with E-state index in [4.69, 9.17) is 0 Å². The average Bonchev–Trinajstić information content (AvgIpc) is 2.72. The first-order valence-electron chi connectivity index (χ1n) is 10.1. The van der Waals surface area contributed by atoms with Crippen molar-refractivity contribution in [2.75, 3.05) is 37.6 Å². The van der Waals surface area contributed by atoms with Crippen LogP contribution in [0.4, 0.5) is 19.0 Å². The molecule has 1 atom stereocenters. The van der Waals surface area contributed by atoms with Gasteiger partial charge in [-0.05, 0) is 23.6 Å². The topological polar surface area (TPSA) is 48.5 Å². The molecule has 1 unspecified atom stereocenters. The largest absolute Gasteiger partial charge is 0.417 e. The highest BCUT2D eigenvalue weighted by Gasteiger charge is 2.31. The number of nitrogens with one attached hydrogen (secondary N) is 1. The van der Waals surface area contributed by atoms with E-state index in [0.29, 0.717) is 38.5 Å². The summed E-state index contributed by atoms with van der Waals surface area (Å²) in [6, 6.07) is 12.3. The van der Waals surface area contributed by atoms with Gasteiger partial charge in [0.25, 0.3) is 0 Å². The minimum atomic E-state index is -4.38. The van der Waals surface area contributed by atoms with Crippen LogP contribution in [0.15, 0.2) is 48.7 Å². The molecule has 0 spiro atoms. The van der Waals surface area contributed by atoms with Gasteiger partial charge in [0.1, 0.15) is 5.82 Å². The van der Waals surface area contributed by atoms with Crippen LogP contribution in [0.3, 0.4) is 0 Å². The highest BCUT2D eigenvalue weighted by Crippen LogP contribution is 2.29. The van der Waals surface area contributed by atoms with Crippen LogP contribution in [-0.2, 0) is 11.0 Å². The maximum Gasteiger partial charge on any atom is 0.417 e. The fraction of sp³-hybridized carbons (Fsp3) is 0.455. The van der Waals surface area contributed by atoms with Crippen molar-refractivity contribution in [2.24, 2.45) is 5.92 Å². The molecule has 1 aromatic heterocycles. The van der Waals surface area contributed by atoms with Crippen LogP contribution in [0, 0.1) is 5.92 Å². The Labute approximate surface area is 174 Å². The minimum Gasteiger partial charge on any atom is -0.354 e. The fourth-order valence-corrected chi connectivity index (χ4v) is 3.59. The van der Waals surface area contributed by atoms with Gasteiger partial charge in [0.2, 0.25) is 5.91 Å². The van der Waals surface area contributed by atoms with E-state index >= 15 is 0 Å². The van der Waals surface area contributed by atoms with E-state index in [2.05, 4.69) is 29.0 Å². The highest BCUT2D eigenvalue weighted by atomic mass is 19.4. The second kappa shape index (κ2) is 9.47. The molecule has 0 radical (unpaired) electrons. The van der Waals surface area contributed by atoms with Crippen LogP contribution in [-0.4, -0.2) is 48.5 Å². The second-order valence-corrected chi connectivity index (χ2v) is 7.87. The molecule has 1 amide bonds. The Bertz CT molecular complexity index is 817. The first-order valence-corrected chi connectivity index (χ1v) is 10.1. The minimum absolute atomic E-state index is 0.0290. The summed E-state index contributed by atoms with van der Waals surface area (Å²) < 4.78 is 38.1. The Morgan fingerprint density at radius 1 is 1.07 bits per heavy atom. The summed E-state index contributed by atoms with van der Waals surface area (Å²) in [5.74, 6) is 0.758. The lowest BCUT2D eigenvalue weighted by molar-refractivity contribution is -0.137. The molecule has 0 aliphatic carbocycles. The summed E-state index contributed by atoms with van der Waals surface area (Å²) in [7, 11) is 0. The normalized spacial score (nSPS) is 16.5. The molecule has 1 aliphatic heterocycles. The van der Waals surface area contributed by atoms with Crippen LogP contribution < -0.4 is 10.2 Å². The summed E-state index contributed by atoms with van der Waals surface area (Å²) in [5, 5.41) is 3.13. The third-order valence-electron chi connectivity index (χ3n) is 5.28. The molecular formula is C22H27F3N4O. The van der Waals surface area contributed by atoms with Crippen molar-refractivity contribution in [3.63, 3.8) is 0 Å². The van der Waals surface area contributed by atoms with Gasteiger partial charge in [-0.15, -0.1) is 0 Å². The number of amides is 1. The molecule has 0 bridgehead atoms. The van der Waals surface area contributed by atoms with Gasteiger partial charge in [-0.2, -0.15) is 13.2 Å². The zero-order valence-electron chi connectivity index (χ0n) is 17.2. The molecule has 1 saturated heterocycles. The first-order chi connectivity index (χ1) is 14.2. The van der Waals surface area contributed by atoms with E-state index in [0.717, 1.165) is 17.8 Å². The van der Waals surface area contributed by atoms with Gasteiger partial charge in [0.05, 0.1) is 18.2 Å². The Morgan fingerprint density at radius 2 is 1.73 bits per heavy atom. The molecule has 0 saturated carbocycles. The molecule has 1 N–H and O–H groups in total. The van der Waals surface area contributed by atoms with Gasteiger partial charge in [0.15, 0.2) is 0 Å². The van der Waals surface area contributed by atoms with E-state index in [1.165, 1.54) is 6.07 Å². The molecular weight excluding hydrogens is 393 g/mol. The number of nitrogens with zero attached hydrogens (tertiary/aromatic N) is 3. The molecule has 1 fully saturated rings. The van der Waals surface area contributed by atoms with Crippen LogP contribution in [0.2, 0.25) is 0 Å². The number of benzene rings is 1. The number of anilines is 1. The molecule has 2 heterocycles. The summed E-state index contributed by atoms with van der Waals surface area (Å²) in [6.45, 7) is 6.96. The molecule has 30 heavy (non-hydrogen) atoms. The molecule has 1 aromatic carbocycles. The van der Waals surface area contributed by atoms with Gasteiger partial charge in [-0.1, -0.05) is 44.2 Å². The summed E-state index contributed by atoms with van der Waals surface area (Å²) >= 11 is 0. The predicted molar refractivity (Wildman–Crippen MR) is 110 cm³/mol. The molecule has 5 nitrogen and oxygen atoms in total. The summed E-state index contributed by atoms with van der Waals surface area (Å²) in [6.07, 6.45) is -3.52. The monoisotopic (exact) mass is 420 g/mol. The SMILES string of the molecule is CC(C)C(NC(=O)CN1CCN(c2ccc(C(F)(F)F)cn2)CC1)c1ccccc1.